The summed E-state index contributed by atoms with van der Waals surface area (Å²) in [6, 6.07) is 18.4. The van der Waals surface area contributed by atoms with Crippen molar-refractivity contribution in [3.05, 3.63) is 83.9 Å². The Hall–Kier alpha value is -4.34. The van der Waals surface area contributed by atoms with E-state index < -0.39 is 23.8 Å². The minimum atomic E-state index is -4.43. The van der Waals surface area contributed by atoms with Crippen LogP contribution in [-0.4, -0.2) is 43.5 Å². The van der Waals surface area contributed by atoms with Gasteiger partial charge in [-0.1, -0.05) is 44.2 Å². The number of rotatable bonds is 11. The van der Waals surface area contributed by atoms with Crippen molar-refractivity contribution in [3.8, 4) is 11.1 Å². The maximum absolute atomic E-state index is 13.2. The molecule has 45 heavy (non-hydrogen) atoms. The zero-order valence-electron chi connectivity index (χ0n) is 25.8. The van der Waals surface area contributed by atoms with Gasteiger partial charge in [-0.3, -0.25) is 9.59 Å². The number of anilines is 2. The van der Waals surface area contributed by atoms with Gasteiger partial charge in [-0.15, -0.1) is 0 Å². The molecule has 0 saturated carbocycles. The highest BCUT2D eigenvalue weighted by atomic mass is 19.4. The van der Waals surface area contributed by atoms with Gasteiger partial charge in [-0.25, -0.2) is 4.79 Å². The number of carbonyl (C=O) groups excluding carboxylic acids is 3. The van der Waals surface area contributed by atoms with E-state index >= 15 is 0 Å². The predicted octanol–water partition coefficient (Wildman–Crippen LogP) is 7.33. The van der Waals surface area contributed by atoms with E-state index in [0.29, 0.717) is 35.2 Å². The number of ether oxygens (including phenoxy) is 1. The molecule has 2 N–H and O–H groups in total. The minimum Gasteiger partial charge on any atom is -0.464 e. The number of alkyl halides is 3. The van der Waals surface area contributed by atoms with E-state index in [2.05, 4.69) is 15.5 Å². The average Bonchev–Trinajstić information content (AvgIpc) is 3.01. The second-order valence-electron chi connectivity index (χ2n) is 11.8. The Kier molecular flexibility index (Phi) is 11.3. The highest BCUT2D eigenvalue weighted by molar-refractivity contribution is 6.08. The second-order valence-corrected chi connectivity index (χ2v) is 11.8. The van der Waals surface area contributed by atoms with E-state index in [1.165, 1.54) is 12.1 Å². The lowest BCUT2D eigenvalue weighted by atomic mass is 9.92. The van der Waals surface area contributed by atoms with Gasteiger partial charge in [-0.2, -0.15) is 13.2 Å². The van der Waals surface area contributed by atoms with Gasteiger partial charge in [0.15, 0.2) is 0 Å². The van der Waals surface area contributed by atoms with Gasteiger partial charge in [0, 0.05) is 36.4 Å². The molecule has 1 heterocycles. The van der Waals surface area contributed by atoms with Crippen LogP contribution in [0.1, 0.15) is 62.4 Å². The van der Waals surface area contributed by atoms with Crippen molar-refractivity contribution >= 4 is 29.2 Å². The maximum atomic E-state index is 13.2. The number of nitrogens with one attached hydrogen (secondary N) is 2. The van der Waals surface area contributed by atoms with E-state index in [4.69, 9.17) is 4.74 Å². The van der Waals surface area contributed by atoms with Crippen molar-refractivity contribution in [1.82, 2.24) is 5.32 Å². The van der Waals surface area contributed by atoms with Gasteiger partial charge < -0.3 is 20.3 Å². The predicted molar refractivity (Wildman–Crippen MR) is 169 cm³/mol. The molecule has 3 aromatic carbocycles. The van der Waals surface area contributed by atoms with E-state index in [-0.39, 0.29) is 30.3 Å². The van der Waals surface area contributed by atoms with E-state index in [1.807, 2.05) is 38.1 Å². The summed E-state index contributed by atoms with van der Waals surface area (Å²) in [5.41, 5.74) is 2.25. The first-order valence-electron chi connectivity index (χ1n) is 15.3. The van der Waals surface area contributed by atoms with Crippen molar-refractivity contribution < 1.29 is 32.3 Å². The quantitative estimate of drug-likeness (QED) is 0.219. The van der Waals surface area contributed by atoms with Crippen LogP contribution in [0.25, 0.3) is 11.1 Å². The number of amides is 2. The summed E-state index contributed by atoms with van der Waals surface area (Å²) >= 11 is 0. The molecule has 240 valence electrons. The molecule has 7 nitrogen and oxygen atoms in total. The Morgan fingerprint density at radius 3 is 2.18 bits per heavy atom. The van der Waals surface area contributed by atoms with Crippen LogP contribution in [0.3, 0.4) is 0 Å². The van der Waals surface area contributed by atoms with Gasteiger partial charge in [0.05, 0.1) is 12.2 Å². The van der Waals surface area contributed by atoms with E-state index in [9.17, 15) is 27.6 Å². The van der Waals surface area contributed by atoms with Crippen LogP contribution in [0.4, 0.5) is 24.5 Å². The smallest absolute Gasteiger partial charge is 0.416 e. The number of benzene rings is 3. The zero-order chi connectivity index (χ0) is 32.6. The number of hydrogen-bond donors (Lipinski definition) is 2. The summed E-state index contributed by atoms with van der Waals surface area (Å²) in [4.78, 5) is 40.4. The van der Waals surface area contributed by atoms with Crippen LogP contribution in [0, 0.1) is 11.8 Å². The second kappa shape index (κ2) is 15.1. The number of esters is 1. The third kappa shape index (κ3) is 9.33. The molecule has 2 amide bonds. The molecule has 1 aliphatic heterocycles. The molecule has 1 fully saturated rings. The van der Waals surface area contributed by atoms with Crippen molar-refractivity contribution in [1.29, 1.82) is 0 Å². The summed E-state index contributed by atoms with van der Waals surface area (Å²) in [5, 5.41) is 5.77. The van der Waals surface area contributed by atoms with Crippen LogP contribution < -0.4 is 15.5 Å². The molecule has 0 spiro atoms. The molecule has 3 aromatic rings. The molecule has 1 atom stereocenters. The summed E-state index contributed by atoms with van der Waals surface area (Å²) in [6.07, 6.45) is -1.87. The number of piperidine rings is 1. The fourth-order valence-corrected chi connectivity index (χ4v) is 5.56. The Morgan fingerprint density at radius 1 is 0.933 bits per heavy atom. The lowest BCUT2D eigenvalue weighted by molar-refractivity contribution is -0.148. The normalized spacial score (nSPS) is 14.6. The van der Waals surface area contributed by atoms with Crippen molar-refractivity contribution in [2.45, 2.75) is 58.7 Å². The number of carbonyl (C=O) groups is 3. The van der Waals surface area contributed by atoms with Crippen molar-refractivity contribution in [2.75, 3.05) is 29.9 Å². The summed E-state index contributed by atoms with van der Waals surface area (Å²) < 4.78 is 44.1. The molecule has 0 unspecified atom stereocenters. The summed E-state index contributed by atoms with van der Waals surface area (Å²) in [7, 11) is 0. The van der Waals surface area contributed by atoms with Gasteiger partial charge >= 0.3 is 12.1 Å². The van der Waals surface area contributed by atoms with Crippen LogP contribution in [0.5, 0.6) is 0 Å². The average molecular weight is 624 g/mol. The first-order valence-corrected chi connectivity index (χ1v) is 15.3. The SMILES string of the molecule is CCOC(=O)[C@H](CC(C)C)NC(=O)CC1CCN(c2ccc(NC(=O)c3ccccc3-c3ccc(C(F)(F)F)cc3)cc2)CC1. The molecule has 0 aliphatic carbocycles. The molecular formula is C35H40F3N3O4. The number of halogens is 3. The summed E-state index contributed by atoms with van der Waals surface area (Å²) in [6.45, 7) is 7.57. The fourth-order valence-electron chi connectivity index (χ4n) is 5.56. The van der Waals surface area contributed by atoms with E-state index in [0.717, 1.165) is 43.8 Å². The Balaban J connectivity index is 1.31. The number of nitrogens with zero attached hydrogens (tertiary/aromatic N) is 1. The topological polar surface area (TPSA) is 87.7 Å². The molecule has 0 radical (unpaired) electrons. The van der Waals surface area contributed by atoms with Crippen LogP contribution in [-0.2, 0) is 20.5 Å². The standard InChI is InChI=1S/C35H40F3N3O4/c1-4-45-34(44)31(21-23(2)3)40-32(42)22-24-17-19-41(20-18-24)28-15-13-27(14-16-28)39-33(43)30-8-6-5-7-29(30)25-9-11-26(12-10-25)35(36,37)38/h5-16,23-24,31H,4,17-22H2,1-3H3,(H,39,43)(H,40,42)/t31-/m0/s1. The Labute approximate surface area is 262 Å². The summed E-state index contributed by atoms with van der Waals surface area (Å²) in [5.74, 6) is -0.432. The zero-order valence-corrected chi connectivity index (χ0v) is 25.8. The molecule has 1 saturated heterocycles. The van der Waals surface area contributed by atoms with Crippen molar-refractivity contribution in [3.63, 3.8) is 0 Å². The largest absolute Gasteiger partial charge is 0.464 e. The third-order valence-electron chi connectivity index (χ3n) is 7.89. The Morgan fingerprint density at radius 2 is 1.58 bits per heavy atom. The van der Waals surface area contributed by atoms with Crippen LogP contribution >= 0.6 is 0 Å². The van der Waals surface area contributed by atoms with Gasteiger partial charge in [0.25, 0.3) is 5.91 Å². The van der Waals surface area contributed by atoms with Gasteiger partial charge in [0.2, 0.25) is 5.91 Å². The van der Waals surface area contributed by atoms with Crippen LogP contribution in [0.15, 0.2) is 72.8 Å². The first-order chi connectivity index (χ1) is 21.4. The molecule has 0 bridgehead atoms. The molecule has 4 rings (SSSR count). The molecule has 0 aromatic heterocycles. The van der Waals surface area contributed by atoms with E-state index in [1.54, 1.807) is 31.2 Å². The monoisotopic (exact) mass is 623 g/mol. The Bertz CT molecular complexity index is 1450. The minimum absolute atomic E-state index is 0.132. The van der Waals surface area contributed by atoms with Crippen LogP contribution in [0.2, 0.25) is 0 Å². The number of hydrogen-bond acceptors (Lipinski definition) is 5. The van der Waals surface area contributed by atoms with Crippen molar-refractivity contribution in [2.24, 2.45) is 11.8 Å². The third-order valence-corrected chi connectivity index (χ3v) is 7.89. The lowest BCUT2D eigenvalue weighted by Crippen LogP contribution is -2.44. The highest BCUT2D eigenvalue weighted by Crippen LogP contribution is 2.32. The van der Waals surface area contributed by atoms with Gasteiger partial charge in [0.1, 0.15) is 6.04 Å². The lowest BCUT2D eigenvalue weighted by Gasteiger charge is -2.33. The molecule has 10 heteroatoms. The fraction of sp³-hybridized carbons (Fsp3) is 0.400. The first kappa shape index (κ1) is 33.6. The van der Waals surface area contributed by atoms with Gasteiger partial charge in [-0.05, 0) is 91.6 Å². The molecule has 1 aliphatic rings. The maximum Gasteiger partial charge on any atom is 0.416 e. The highest BCUT2D eigenvalue weighted by Gasteiger charge is 2.30. The molecular weight excluding hydrogens is 583 g/mol.